The molecule has 50 valence electrons. The smallest absolute Gasteiger partial charge is 0.162 e. The Bertz CT molecular complexity index is 151. The fourth-order valence-electron chi connectivity index (χ4n) is 0.631. The molecule has 1 aliphatic rings. The van der Waals surface area contributed by atoms with Gasteiger partial charge in [0.2, 0.25) is 0 Å². The Kier molecular flexibility index (Phi) is 2.50. The molecule has 0 N–H and O–H groups in total. The molecule has 3 heteroatoms. The van der Waals surface area contributed by atoms with E-state index in [2.05, 4.69) is 44.6 Å². The Balaban J connectivity index is 2.62. The largest absolute Gasteiger partial charge is 0.351 e. The Hall–Kier alpha value is -0.0600. The summed E-state index contributed by atoms with van der Waals surface area (Å²) in [6, 6.07) is 0. The van der Waals surface area contributed by atoms with E-state index in [1.807, 2.05) is 7.05 Å². The Morgan fingerprint density at radius 2 is 2.44 bits per heavy atom. The molecule has 0 aromatic carbocycles. The molecular weight excluding hydrogens is 227 g/mol. The van der Waals surface area contributed by atoms with Crippen LogP contribution in [0.15, 0.2) is 17.1 Å². The van der Waals surface area contributed by atoms with Crippen LogP contribution in [0.2, 0.25) is 0 Å². The summed E-state index contributed by atoms with van der Waals surface area (Å²) < 4.78 is 1.10. The summed E-state index contributed by atoms with van der Waals surface area (Å²) in [5.74, 6) is 0. The average molecular weight is 236 g/mol. The van der Waals surface area contributed by atoms with Gasteiger partial charge in [-0.2, -0.15) is 0 Å². The topological polar surface area (TPSA) is 15.6 Å². The highest BCUT2D eigenvalue weighted by Crippen LogP contribution is 2.00. The summed E-state index contributed by atoms with van der Waals surface area (Å²) in [6.07, 6.45) is 4.22. The molecule has 0 saturated heterocycles. The minimum atomic E-state index is 0.836. The van der Waals surface area contributed by atoms with Crippen LogP contribution >= 0.6 is 22.6 Å². The predicted octanol–water partition coefficient (Wildman–Crippen LogP) is 1.28. The number of nitrogens with zero attached hydrogens (tertiary/aromatic N) is 2. The third-order valence-corrected chi connectivity index (χ3v) is 2.35. The molecule has 0 atom stereocenters. The Morgan fingerprint density at radius 1 is 1.67 bits per heavy atom. The number of amidine groups is 1. The van der Waals surface area contributed by atoms with Gasteiger partial charge in [0.1, 0.15) is 0 Å². The molecule has 0 unspecified atom stereocenters. The number of hydrogen-bond acceptors (Lipinski definition) is 2. The zero-order valence-corrected chi connectivity index (χ0v) is 7.50. The Labute approximate surface area is 68.8 Å². The molecule has 0 aromatic heterocycles. The van der Waals surface area contributed by atoms with Gasteiger partial charge in [-0.1, -0.05) is 12.2 Å². The van der Waals surface area contributed by atoms with Crippen molar-refractivity contribution in [1.82, 2.24) is 4.90 Å². The van der Waals surface area contributed by atoms with Crippen molar-refractivity contribution in [1.29, 1.82) is 0 Å². The molecule has 1 aliphatic heterocycles. The lowest BCUT2D eigenvalue weighted by Gasteiger charge is -2.11. The fraction of sp³-hybridized carbons (Fsp3) is 0.500. The summed E-state index contributed by atoms with van der Waals surface area (Å²) in [5.41, 5.74) is 0. The van der Waals surface area contributed by atoms with Crippen molar-refractivity contribution < 1.29 is 0 Å². The van der Waals surface area contributed by atoms with Gasteiger partial charge in [-0.05, 0) is 22.6 Å². The summed E-state index contributed by atoms with van der Waals surface area (Å²) in [7, 11) is 2.04. The normalized spacial score (nSPS) is 19.3. The maximum absolute atomic E-state index is 4.25. The third kappa shape index (κ3) is 1.97. The first-order valence-corrected chi connectivity index (χ1v) is 3.94. The lowest BCUT2D eigenvalue weighted by Crippen LogP contribution is -2.20. The number of aliphatic imine (C=N–C) groups is 1. The second-order valence-electron chi connectivity index (χ2n) is 1.96. The van der Waals surface area contributed by atoms with Gasteiger partial charge in [0.05, 0.1) is 6.54 Å². The van der Waals surface area contributed by atoms with Gasteiger partial charge in [0.25, 0.3) is 0 Å². The van der Waals surface area contributed by atoms with E-state index in [-0.39, 0.29) is 0 Å². The van der Waals surface area contributed by atoms with Crippen LogP contribution in [0.25, 0.3) is 0 Å². The van der Waals surface area contributed by atoms with Gasteiger partial charge in [-0.25, -0.2) is 0 Å². The molecule has 1 heterocycles. The quantitative estimate of drug-likeness (QED) is 0.351. The number of likely N-dealkylation sites (N-methyl/N-ethyl adjacent to an activating group) is 1. The zero-order chi connectivity index (χ0) is 6.69. The average Bonchev–Trinajstić information content (AvgIpc) is 1.99. The van der Waals surface area contributed by atoms with E-state index in [0.29, 0.717) is 0 Å². The highest BCUT2D eigenvalue weighted by Gasteiger charge is 1.99. The van der Waals surface area contributed by atoms with Crippen molar-refractivity contribution >= 4 is 26.4 Å². The highest BCUT2D eigenvalue weighted by molar-refractivity contribution is 14.1. The van der Waals surface area contributed by atoms with Crippen molar-refractivity contribution in [3.05, 3.63) is 12.2 Å². The standard InChI is InChI=1S/C6H9IN2/c1-9-5-3-2-4-8-6(9)7/h2-3H,4-5H2,1H3. The van der Waals surface area contributed by atoms with Crippen LogP contribution in [-0.4, -0.2) is 28.9 Å². The molecule has 0 saturated carbocycles. The van der Waals surface area contributed by atoms with Crippen molar-refractivity contribution in [2.45, 2.75) is 0 Å². The van der Waals surface area contributed by atoms with Gasteiger partial charge in [0.15, 0.2) is 3.84 Å². The van der Waals surface area contributed by atoms with Gasteiger partial charge < -0.3 is 4.90 Å². The van der Waals surface area contributed by atoms with E-state index in [0.717, 1.165) is 16.9 Å². The van der Waals surface area contributed by atoms with Crippen LogP contribution in [0.5, 0.6) is 0 Å². The van der Waals surface area contributed by atoms with E-state index in [1.165, 1.54) is 0 Å². The predicted molar refractivity (Wildman–Crippen MR) is 48.1 cm³/mol. The van der Waals surface area contributed by atoms with E-state index in [9.17, 15) is 0 Å². The fourth-order valence-corrected chi connectivity index (χ4v) is 1.03. The van der Waals surface area contributed by atoms with Gasteiger partial charge in [-0.15, -0.1) is 0 Å². The summed E-state index contributed by atoms with van der Waals surface area (Å²) in [4.78, 5) is 6.36. The minimum Gasteiger partial charge on any atom is -0.351 e. The van der Waals surface area contributed by atoms with E-state index in [4.69, 9.17) is 0 Å². The zero-order valence-electron chi connectivity index (χ0n) is 5.34. The summed E-state index contributed by atoms with van der Waals surface area (Å²) >= 11 is 2.24. The van der Waals surface area contributed by atoms with Crippen molar-refractivity contribution in [2.75, 3.05) is 20.1 Å². The third-order valence-electron chi connectivity index (χ3n) is 1.19. The Morgan fingerprint density at radius 3 is 3.22 bits per heavy atom. The maximum Gasteiger partial charge on any atom is 0.162 e. The number of rotatable bonds is 0. The first-order chi connectivity index (χ1) is 4.30. The molecule has 0 spiro atoms. The molecule has 0 radical (unpaired) electrons. The molecule has 0 bridgehead atoms. The second-order valence-corrected chi connectivity index (χ2v) is 2.93. The van der Waals surface area contributed by atoms with Crippen LogP contribution in [-0.2, 0) is 0 Å². The van der Waals surface area contributed by atoms with Crippen LogP contribution in [0.1, 0.15) is 0 Å². The van der Waals surface area contributed by atoms with Gasteiger partial charge in [0, 0.05) is 13.6 Å². The van der Waals surface area contributed by atoms with Crippen LogP contribution in [0.4, 0.5) is 0 Å². The van der Waals surface area contributed by atoms with Crippen LogP contribution in [0.3, 0.4) is 0 Å². The number of halogens is 1. The molecule has 0 amide bonds. The number of hydrogen-bond donors (Lipinski definition) is 0. The maximum atomic E-state index is 4.25. The first kappa shape index (κ1) is 7.05. The lowest BCUT2D eigenvalue weighted by atomic mass is 10.5. The molecule has 0 aromatic rings. The molecular formula is C6H9IN2. The molecule has 9 heavy (non-hydrogen) atoms. The van der Waals surface area contributed by atoms with Gasteiger partial charge in [-0.3, -0.25) is 4.99 Å². The second kappa shape index (κ2) is 3.20. The van der Waals surface area contributed by atoms with Gasteiger partial charge >= 0.3 is 0 Å². The monoisotopic (exact) mass is 236 g/mol. The molecule has 0 aliphatic carbocycles. The molecule has 0 fully saturated rings. The van der Waals surface area contributed by atoms with Crippen LogP contribution < -0.4 is 0 Å². The highest BCUT2D eigenvalue weighted by atomic mass is 127. The van der Waals surface area contributed by atoms with Crippen molar-refractivity contribution in [2.24, 2.45) is 4.99 Å². The molecule has 2 nitrogen and oxygen atoms in total. The van der Waals surface area contributed by atoms with E-state index < -0.39 is 0 Å². The van der Waals surface area contributed by atoms with Crippen molar-refractivity contribution in [3.8, 4) is 0 Å². The summed E-state index contributed by atoms with van der Waals surface area (Å²) in [6.45, 7) is 1.82. The first-order valence-electron chi connectivity index (χ1n) is 2.87. The van der Waals surface area contributed by atoms with E-state index in [1.54, 1.807) is 0 Å². The van der Waals surface area contributed by atoms with E-state index >= 15 is 0 Å². The minimum absolute atomic E-state index is 0.836. The van der Waals surface area contributed by atoms with Crippen LogP contribution in [0, 0.1) is 0 Å². The lowest BCUT2D eigenvalue weighted by molar-refractivity contribution is 0.581. The SMILES string of the molecule is CN1CC=CCN=C1I. The van der Waals surface area contributed by atoms with Crippen molar-refractivity contribution in [3.63, 3.8) is 0 Å². The summed E-state index contributed by atoms with van der Waals surface area (Å²) in [5, 5.41) is 0. The molecule has 1 rings (SSSR count).